The van der Waals surface area contributed by atoms with Gasteiger partial charge >= 0.3 is 6.18 Å². The van der Waals surface area contributed by atoms with Crippen LogP contribution >= 0.6 is 35.3 Å². The highest BCUT2D eigenvalue weighted by Crippen LogP contribution is 2.29. The molecule has 0 fully saturated rings. The van der Waals surface area contributed by atoms with Crippen LogP contribution in [-0.4, -0.2) is 43.6 Å². The molecule has 0 spiro atoms. The highest BCUT2D eigenvalue weighted by atomic mass is 127. The van der Waals surface area contributed by atoms with Gasteiger partial charge in [0.1, 0.15) is 5.82 Å². The lowest BCUT2D eigenvalue weighted by Crippen LogP contribution is -2.38. The van der Waals surface area contributed by atoms with E-state index in [0.717, 1.165) is 28.2 Å². The van der Waals surface area contributed by atoms with Gasteiger partial charge in [-0.15, -0.1) is 35.3 Å². The van der Waals surface area contributed by atoms with Gasteiger partial charge in [-0.05, 0) is 12.1 Å². The van der Waals surface area contributed by atoms with E-state index >= 15 is 0 Å². The minimum absolute atomic E-state index is 0. The zero-order valence-corrected chi connectivity index (χ0v) is 18.3. The fraction of sp³-hybridized carbons (Fsp3) is 0.438. The highest BCUT2D eigenvalue weighted by Gasteiger charge is 2.33. The summed E-state index contributed by atoms with van der Waals surface area (Å²) in [5, 5.41) is 7.65. The number of guanidine groups is 1. The van der Waals surface area contributed by atoms with Crippen LogP contribution in [0.4, 0.5) is 19.0 Å². The van der Waals surface area contributed by atoms with Crippen molar-refractivity contribution in [1.82, 2.24) is 20.6 Å². The van der Waals surface area contributed by atoms with Crippen molar-refractivity contribution in [3.63, 3.8) is 0 Å². The van der Waals surface area contributed by atoms with E-state index in [1.807, 2.05) is 37.2 Å². The number of hydrogen-bond acceptors (Lipinski definition) is 5. The summed E-state index contributed by atoms with van der Waals surface area (Å²) in [5.41, 5.74) is 0.0146. The second kappa shape index (κ2) is 10.6. The maximum Gasteiger partial charge on any atom is 0.434 e. The van der Waals surface area contributed by atoms with Crippen molar-refractivity contribution in [3.8, 4) is 0 Å². The summed E-state index contributed by atoms with van der Waals surface area (Å²) in [4.78, 5) is 14.1. The van der Waals surface area contributed by atoms with Crippen LogP contribution in [0.25, 0.3) is 0 Å². The van der Waals surface area contributed by atoms with Crippen molar-refractivity contribution >= 4 is 47.1 Å². The Labute approximate surface area is 177 Å². The van der Waals surface area contributed by atoms with Crippen LogP contribution in [0.1, 0.15) is 16.4 Å². The molecule has 0 saturated carbocycles. The Morgan fingerprint density at radius 3 is 2.56 bits per heavy atom. The summed E-state index contributed by atoms with van der Waals surface area (Å²) in [7, 11) is 5.47. The van der Waals surface area contributed by atoms with Gasteiger partial charge in [0, 0.05) is 39.5 Å². The molecule has 2 rings (SSSR count). The van der Waals surface area contributed by atoms with Crippen LogP contribution in [-0.2, 0) is 19.1 Å². The van der Waals surface area contributed by atoms with Gasteiger partial charge in [0.05, 0.1) is 17.2 Å². The molecule has 0 atom stereocenters. The fourth-order valence-corrected chi connectivity index (χ4v) is 2.86. The van der Waals surface area contributed by atoms with E-state index in [0.29, 0.717) is 30.5 Å². The molecule has 6 nitrogen and oxygen atoms in total. The van der Waals surface area contributed by atoms with Gasteiger partial charge in [-0.3, -0.25) is 4.99 Å². The van der Waals surface area contributed by atoms with Crippen LogP contribution in [0, 0.1) is 0 Å². The first-order chi connectivity index (χ1) is 12.3. The molecule has 27 heavy (non-hydrogen) atoms. The quantitative estimate of drug-likeness (QED) is 0.353. The van der Waals surface area contributed by atoms with Gasteiger partial charge in [0.25, 0.3) is 0 Å². The molecule has 2 aromatic heterocycles. The van der Waals surface area contributed by atoms with Gasteiger partial charge in [-0.1, -0.05) is 6.07 Å². The summed E-state index contributed by atoms with van der Waals surface area (Å²) >= 11 is 1.00. The lowest BCUT2D eigenvalue weighted by molar-refractivity contribution is -0.140. The lowest BCUT2D eigenvalue weighted by atomic mass is 10.3. The Bertz CT molecular complexity index is 748. The molecule has 0 bridgehead atoms. The number of pyridine rings is 1. The molecule has 0 aliphatic carbocycles. The number of anilines is 1. The molecule has 0 aliphatic heterocycles. The standard InChI is InChI=1S/C16H21F3N6S.HI/c1-20-15(22-9-11-5-4-6-13(23-11)25(2)3)21-8-7-14-24-12(10-26-14)16(17,18)19;/h4-6,10H,7-9H2,1-3H3,(H2,20,21,22);1H. The van der Waals surface area contributed by atoms with Gasteiger partial charge in [-0.2, -0.15) is 13.2 Å². The summed E-state index contributed by atoms with van der Waals surface area (Å²) in [6, 6.07) is 5.75. The third kappa shape index (κ3) is 7.48. The molecule has 0 amide bonds. The van der Waals surface area contributed by atoms with Crippen molar-refractivity contribution < 1.29 is 13.2 Å². The number of thiazole rings is 1. The molecular formula is C16H22F3IN6S. The summed E-state index contributed by atoms with van der Waals surface area (Å²) < 4.78 is 37.6. The molecule has 2 aromatic rings. The van der Waals surface area contributed by atoms with Crippen molar-refractivity contribution in [2.75, 3.05) is 32.6 Å². The number of hydrogen-bond donors (Lipinski definition) is 2. The average molecular weight is 514 g/mol. The van der Waals surface area contributed by atoms with E-state index in [1.54, 1.807) is 7.05 Å². The number of rotatable bonds is 6. The normalized spacial score (nSPS) is 11.7. The smallest absolute Gasteiger partial charge is 0.363 e. The van der Waals surface area contributed by atoms with E-state index < -0.39 is 11.9 Å². The molecule has 0 radical (unpaired) electrons. The van der Waals surface area contributed by atoms with Crippen LogP contribution in [0.5, 0.6) is 0 Å². The Balaban J connectivity index is 0.00000364. The molecule has 11 heteroatoms. The van der Waals surface area contributed by atoms with Crippen LogP contribution in [0.3, 0.4) is 0 Å². The number of aliphatic imine (C=N–C) groups is 1. The molecular weight excluding hydrogens is 492 g/mol. The molecule has 0 unspecified atom stereocenters. The van der Waals surface area contributed by atoms with Gasteiger partial charge in [0.2, 0.25) is 0 Å². The molecule has 150 valence electrons. The fourth-order valence-electron chi connectivity index (χ4n) is 2.05. The SMILES string of the molecule is CN=C(NCCc1nc(C(F)(F)F)cs1)NCc1cccc(N(C)C)n1.I. The zero-order valence-electron chi connectivity index (χ0n) is 15.2. The predicted molar refractivity (Wildman–Crippen MR) is 113 cm³/mol. The zero-order chi connectivity index (χ0) is 19.2. The van der Waals surface area contributed by atoms with Gasteiger partial charge in [-0.25, -0.2) is 9.97 Å². The molecule has 0 aromatic carbocycles. The molecule has 0 aliphatic rings. The van der Waals surface area contributed by atoms with Crippen LogP contribution in [0.2, 0.25) is 0 Å². The highest BCUT2D eigenvalue weighted by molar-refractivity contribution is 14.0. The predicted octanol–water partition coefficient (Wildman–Crippen LogP) is 3.15. The Kier molecular flexibility index (Phi) is 9.22. The largest absolute Gasteiger partial charge is 0.434 e. The summed E-state index contributed by atoms with van der Waals surface area (Å²) in [5.74, 6) is 1.41. The molecule has 2 N–H and O–H groups in total. The van der Waals surface area contributed by atoms with Crippen molar-refractivity contribution in [3.05, 3.63) is 40.0 Å². The van der Waals surface area contributed by atoms with Crippen molar-refractivity contribution in [1.29, 1.82) is 0 Å². The minimum atomic E-state index is -4.39. The maximum absolute atomic E-state index is 12.5. The summed E-state index contributed by atoms with van der Waals surface area (Å²) in [6.45, 7) is 0.909. The minimum Gasteiger partial charge on any atom is -0.363 e. The maximum atomic E-state index is 12.5. The third-order valence-corrected chi connectivity index (χ3v) is 4.29. The Morgan fingerprint density at radius 1 is 1.22 bits per heavy atom. The van der Waals surface area contributed by atoms with Crippen molar-refractivity contribution in [2.24, 2.45) is 4.99 Å². The number of halogens is 4. The third-order valence-electron chi connectivity index (χ3n) is 3.38. The number of alkyl halides is 3. The first kappa shape index (κ1) is 23.4. The molecule has 2 heterocycles. The van der Waals surface area contributed by atoms with Crippen LogP contribution < -0.4 is 15.5 Å². The van der Waals surface area contributed by atoms with E-state index in [1.165, 1.54) is 0 Å². The summed E-state index contributed by atoms with van der Waals surface area (Å²) in [6.07, 6.45) is -4.01. The number of nitrogens with zero attached hydrogens (tertiary/aromatic N) is 4. The van der Waals surface area contributed by atoms with E-state index in [9.17, 15) is 13.2 Å². The van der Waals surface area contributed by atoms with Crippen LogP contribution in [0.15, 0.2) is 28.6 Å². The van der Waals surface area contributed by atoms with Gasteiger partial charge < -0.3 is 15.5 Å². The second-order valence-corrected chi connectivity index (χ2v) is 6.55. The number of nitrogens with one attached hydrogen (secondary N) is 2. The van der Waals surface area contributed by atoms with E-state index in [4.69, 9.17) is 0 Å². The number of aromatic nitrogens is 2. The van der Waals surface area contributed by atoms with E-state index in [-0.39, 0.29) is 24.0 Å². The van der Waals surface area contributed by atoms with Crippen molar-refractivity contribution in [2.45, 2.75) is 19.1 Å². The molecule has 0 saturated heterocycles. The van der Waals surface area contributed by atoms with Gasteiger partial charge in [0.15, 0.2) is 11.7 Å². The topological polar surface area (TPSA) is 65.4 Å². The monoisotopic (exact) mass is 514 g/mol. The average Bonchev–Trinajstić information content (AvgIpc) is 3.07. The first-order valence-electron chi connectivity index (χ1n) is 7.89. The first-order valence-corrected chi connectivity index (χ1v) is 8.77. The Morgan fingerprint density at radius 2 is 1.96 bits per heavy atom. The lowest BCUT2D eigenvalue weighted by Gasteiger charge is -2.14. The second-order valence-electron chi connectivity index (χ2n) is 5.61. The van der Waals surface area contributed by atoms with E-state index in [2.05, 4.69) is 25.6 Å². The Hall–Kier alpha value is -1.63.